The molecular weight excluding hydrogens is 260 g/mol. The molecule has 0 heterocycles. The van der Waals surface area contributed by atoms with Gasteiger partial charge in [0.2, 0.25) is 0 Å². The molecule has 0 aromatic rings. The summed E-state index contributed by atoms with van der Waals surface area (Å²) in [6, 6.07) is 0. The predicted octanol–water partition coefficient (Wildman–Crippen LogP) is 4.65. The minimum atomic E-state index is -0.544. The Kier molecular flexibility index (Phi) is 2.88. The maximum absolute atomic E-state index is 11.9. The van der Waals surface area contributed by atoms with Crippen LogP contribution in [0.2, 0.25) is 0 Å². The van der Waals surface area contributed by atoms with Crippen molar-refractivity contribution in [2.24, 2.45) is 34.5 Å². The zero-order chi connectivity index (χ0) is 14.8. The van der Waals surface area contributed by atoms with Crippen LogP contribution in [-0.2, 0) is 4.79 Å². The molecule has 2 nitrogen and oxygen atoms in total. The lowest BCUT2D eigenvalue weighted by Gasteiger charge is -2.57. The zero-order valence-electron chi connectivity index (χ0n) is 13.2. The standard InChI is InChI=1S/C19H28O2/c1-12-10-19-9-7-15-14(16(19)6-5-13(12)11-19)4-3-8-18(15,2)17(20)21/h13-16H,1,3-11H2,2H3,(H,20,21)/t13?,14?,15-,16-,18+,19+/m0/s1. The van der Waals surface area contributed by atoms with Crippen molar-refractivity contribution in [3.8, 4) is 0 Å². The van der Waals surface area contributed by atoms with Gasteiger partial charge < -0.3 is 5.11 Å². The Morgan fingerprint density at radius 1 is 1.19 bits per heavy atom. The normalized spacial score (nSPS) is 52.1. The topological polar surface area (TPSA) is 37.3 Å². The van der Waals surface area contributed by atoms with E-state index in [0.717, 1.165) is 31.1 Å². The molecule has 0 amide bonds. The van der Waals surface area contributed by atoms with E-state index < -0.39 is 11.4 Å². The van der Waals surface area contributed by atoms with Gasteiger partial charge in [0, 0.05) is 0 Å². The highest BCUT2D eigenvalue weighted by atomic mass is 16.4. The summed E-state index contributed by atoms with van der Waals surface area (Å²) < 4.78 is 0. The van der Waals surface area contributed by atoms with E-state index in [0.29, 0.717) is 17.3 Å². The highest BCUT2D eigenvalue weighted by molar-refractivity contribution is 5.74. The summed E-state index contributed by atoms with van der Waals surface area (Å²) in [5.41, 5.74) is 1.56. The number of rotatable bonds is 1. The van der Waals surface area contributed by atoms with E-state index in [1.165, 1.54) is 44.1 Å². The summed E-state index contributed by atoms with van der Waals surface area (Å²) in [7, 11) is 0. The van der Waals surface area contributed by atoms with Gasteiger partial charge in [-0.3, -0.25) is 4.79 Å². The minimum absolute atomic E-state index is 0.421. The van der Waals surface area contributed by atoms with Gasteiger partial charge >= 0.3 is 5.97 Å². The van der Waals surface area contributed by atoms with E-state index in [-0.39, 0.29) is 0 Å². The number of hydrogen-bond donors (Lipinski definition) is 1. The molecule has 0 radical (unpaired) electrons. The van der Waals surface area contributed by atoms with Crippen molar-refractivity contribution in [1.82, 2.24) is 0 Å². The second kappa shape index (κ2) is 4.36. The van der Waals surface area contributed by atoms with Crippen molar-refractivity contribution in [1.29, 1.82) is 0 Å². The molecule has 4 fully saturated rings. The van der Waals surface area contributed by atoms with Crippen LogP contribution in [0.1, 0.15) is 64.7 Å². The molecule has 4 saturated carbocycles. The number of hydrogen-bond acceptors (Lipinski definition) is 1. The van der Waals surface area contributed by atoms with Gasteiger partial charge in [0.05, 0.1) is 5.41 Å². The lowest BCUT2D eigenvalue weighted by molar-refractivity contribution is -0.164. The summed E-state index contributed by atoms with van der Waals surface area (Å²) in [6.45, 7) is 6.38. The van der Waals surface area contributed by atoms with Gasteiger partial charge in [-0.25, -0.2) is 0 Å². The van der Waals surface area contributed by atoms with Crippen LogP contribution in [0.5, 0.6) is 0 Å². The molecule has 4 aliphatic rings. The Morgan fingerprint density at radius 2 is 2.00 bits per heavy atom. The number of aliphatic carboxylic acids is 1. The molecule has 21 heavy (non-hydrogen) atoms. The average Bonchev–Trinajstić information content (AvgIpc) is 2.68. The number of fused-ring (bicyclic) bond motifs is 3. The van der Waals surface area contributed by atoms with Crippen LogP contribution in [0.25, 0.3) is 0 Å². The smallest absolute Gasteiger partial charge is 0.309 e. The first kappa shape index (κ1) is 13.8. The third-order valence-electron chi connectivity index (χ3n) is 7.95. The monoisotopic (exact) mass is 288 g/mol. The van der Waals surface area contributed by atoms with E-state index in [1.807, 2.05) is 6.92 Å². The maximum atomic E-state index is 11.9. The molecule has 1 N–H and O–H groups in total. The summed E-state index contributed by atoms with van der Waals surface area (Å²) in [6.07, 6.45) is 10.9. The molecule has 0 aromatic heterocycles. The van der Waals surface area contributed by atoms with Crippen LogP contribution in [0.4, 0.5) is 0 Å². The van der Waals surface area contributed by atoms with Crippen LogP contribution in [0, 0.1) is 34.5 Å². The van der Waals surface area contributed by atoms with E-state index in [1.54, 1.807) is 0 Å². The lowest BCUT2D eigenvalue weighted by atomic mass is 9.47. The minimum Gasteiger partial charge on any atom is -0.481 e. The molecule has 2 heteroatoms. The highest BCUT2D eigenvalue weighted by Gasteiger charge is 2.60. The molecule has 2 unspecified atom stereocenters. The fourth-order valence-corrected chi connectivity index (χ4v) is 6.91. The summed E-state index contributed by atoms with van der Waals surface area (Å²) >= 11 is 0. The van der Waals surface area contributed by atoms with Gasteiger partial charge in [-0.2, -0.15) is 0 Å². The molecule has 4 aliphatic carbocycles. The molecule has 0 saturated heterocycles. The maximum Gasteiger partial charge on any atom is 0.309 e. The predicted molar refractivity (Wildman–Crippen MR) is 82.8 cm³/mol. The molecule has 0 aliphatic heterocycles. The van der Waals surface area contributed by atoms with Gasteiger partial charge in [0.15, 0.2) is 0 Å². The summed E-state index contributed by atoms with van der Waals surface area (Å²) in [5.74, 6) is 2.11. The van der Waals surface area contributed by atoms with Crippen molar-refractivity contribution in [2.45, 2.75) is 64.7 Å². The van der Waals surface area contributed by atoms with Crippen LogP contribution in [0.3, 0.4) is 0 Å². The molecular formula is C19H28O2. The fraction of sp³-hybridized carbons (Fsp3) is 0.842. The number of carboxylic acid groups (broad SMARTS) is 1. The Labute approximate surface area is 128 Å². The van der Waals surface area contributed by atoms with Gasteiger partial charge in [0.25, 0.3) is 0 Å². The lowest BCUT2D eigenvalue weighted by Crippen LogP contribution is -2.52. The molecule has 1 spiro atoms. The van der Waals surface area contributed by atoms with Crippen LogP contribution >= 0.6 is 0 Å². The molecule has 0 aromatic carbocycles. The quantitative estimate of drug-likeness (QED) is 0.713. The van der Waals surface area contributed by atoms with Crippen LogP contribution < -0.4 is 0 Å². The first-order valence-corrected chi connectivity index (χ1v) is 8.87. The molecule has 6 atom stereocenters. The molecule has 4 rings (SSSR count). The van der Waals surface area contributed by atoms with Gasteiger partial charge in [-0.1, -0.05) is 18.6 Å². The zero-order valence-corrected chi connectivity index (χ0v) is 13.2. The van der Waals surface area contributed by atoms with Gasteiger partial charge in [-0.15, -0.1) is 0 Å². The fourth-order valence-electron chi connectivity index (χ4n) is 6.91. The highest BCUT2D eigenvalue weighted by Crippen LogP contribution is 2.67. The Bertz CT molecular complexity index is 496. The number of carboxylic acids is 1. The Balaban J connectivity index is 1.68. The van der Waals surface area contributed by atoms with Crippen LogP contribution in [-0.4, -0.2) is 11.1 Å². The second-order valence-corrected chi connectivity index (χ2v) is 8.71. The Morgan fingerprint density at radius 3 is 2.76 bits per heavy atom. The molecule has 116 valence electrons. The average molecular weight is 288 g/mol. The number of carbonyl (C=O) groups is 1. The van der Waals surface area contributed by atoms with E-state index in [4.69, 9.17) is 0 Å². The van der Waals surface area contributed by atoms with Gasteiger partial charge in [-0.05, 0) is 87.4 Å². The second-order valence-electron chi connectivity index (χ2n) is 8.71. The van der Waals surface area contributed by atoms with Crippen molar-refractivity contribution in [3.05, 3.63) is 12.2 Å². The van der Waals surface area contributed by atoms with Crippen molar-refractivity contribution >= 4 is 5.97 Å². The summed E-state index contributed by atoms with van der Waals surface area (Å²) in [5, 5.41) is 9.79. The van der Waals surface area contributed by atoms with E-state index in [2.05, 4.69) is 6.58 Å². The van der Waals surface area contributed by atoms with Crippen molar-refractivity contribution in [2.75, 3.05) is 0 Å². The van der Waals surface area contributed by atoms with E-state index in [9.17, 15) is 9.90 Å². The van der Waals surface area contributed by atoms with Crippen LogP contribution in [0.15, 0.2) is 12.2 Å². The first-order valence-electron chi connectivity index (χ1n) is 8.87. The van der Waals surface area contributed by atoms with E-state index >= 15 is 0 Å². The third kappa shape index (κ3) is 1.74. The summed E-state index contributed by atoms with van der Waals surface area (Å²) in [4.78, 5) is 11.9. The SMILES string of the molecule is C=C1C[C@@]23CC[C@H]4C(CCC[C@@]4(C)C(=O)O)[C@@H]2CCC1C3. The van der Waals surface area contributed by atoms with Gasteiger partial charge in [0.1, 0.15) is 0 Å². The molecule has 2 bridgehead atoms. The Hall–Kier alpha value is -0.790. The third-order valence-corrected chi connectivity index (χ3v) is 7.95. The number of allylic oxidation sites excluding steroid dienone is 1. The first-order chi connectivity index (χ1) is 9.96. The largest absolute Gasteiger partial charge is 0.481 e. The van der Waals surface area contributed by atoms with Crippen molar-refractivity contribution in [3.63, 3.8) is 0 Å². The van der Waals surface area contributed by atoms with Crippen molar-refractivity contribution < 1.29 is 9.90 Å².